The molecule has 2 aromatic carbocycles. The van der Waals surface area contributed by atoms with Gasteiger partial charge in [0.2, 0.25) is 0 Å². The van der Waals surface area contributed by atoms with Crippen LogP contribution in [0.15, 0.2) is 59.9 Å². The average Bonchev–Trinajstić information content (AvgIpc) is 2.90. The Morgan fingerprint density at radius 2 is 1.91 bits per heavy atom. The van der Waals surface area contributed by atoms with E-state index in [1.165, 1.54) is 18.5 Å². The van der Waals surface area contributed by atoms with E-state index in [-0.39, 0.29) is 11.7 Å². The van der Waals surface area contributed by atoms with Crippen molar-refractivity contribution in [3.8, 4) is 5.69 Å². The molecule has 7 heteroatoms. The second kappa shape index (κ2) is 6.10. The number of amidine groups is 1. The number of aliphatic imine (C=N–C) groups is 1. The maximum absolute atomic E-state index is 13.0. The maximum Gasteiger partial charge on any atom is 0.153 e. The summed E-state index contributed by atoms with van der Waals surface area (Å²) in [4.78, 5) is 8.45. The van der Waals surface area contributed by atoms with E-state index in [2.05, 4.69) is 9.98 Å². The first-order chi connectivity index (χ1) is 11.0. The zero-order chi connectivity index (χ0) is 16.4. The lowest BCUT2D eigenvalue weighted by atomic mass is 10.3. The van der Waals surface area contributed by atoms with Gasteiger partial charge in [0, 0.05) is 10.7 Å². The SMILES string of the molecule is NC(=Nc1cccc(Cl)c1)c1ncn(-c2ccc(F)cc2)c1N. The number of nitrogen functional groups attached to an aromatic ring is 1. The molecule has 5 nitrogen and oxygen atoms in total. The van der Waals surface area contributed by atoms with Gasteiger partial charge < -0.3 is 11.5 Å². The van der Waals surface area contributed by atoms with Crippen LogP contribution in [0.25, 0.3) is 5.69 Å². The van der Waals surface area contributed by atoms with Gasteiger partial charge in [-0.05, 0) is 42.5 Å². The molecule has 0 aliphatic heterocycles. The van der Waals surface area contributed by atoms with E-state index in [1.54, 1.807) is 41.0 Å². The van der Waals surface area contributed by atoms with Gasteiger partial charge in [-0.2, -0.15) is 0 Å². The van der Waals surface area contributed by atoms with Crippen LogP contribution in [0.4, 0.5) is 15.9 Å². The Bertz CT molecular complexity index is 870. The molecule has 23 heavy (non-hydrogen) atoms. The summed E-state index contributed by atoms with van der Waals surface area (Å²) in [6.07, 6.45) is 1.51. The number of nitrogens with zero attached hydrogens (tertiary/aromatic N) is 3. The fourth-order valence-electron chi connectivity index (χ4n) is 2.10. The minimum atomic E-state index is -0.324. The van der Waals surface area contributed by atoms with Crippen LogP contribution in [0.2, 0.25) is 5.02 Å². The van der Waals surface area contributed by atoms with Gasteiger partial charge in [0.25, 0.3) is 0 Å². The van der Waals surface area contributed by atoms with Crippen molar-refractivity contribution in [1.29, 1.82) is 0 Å². The number of rotatable bonds is 3. The molecule has 116 valence electrons. The van der Waals surface area contributed by atoms with Crippen molar-refractivity contribution in [2.75, 3.05) is 5.73 Å². The standard InChI is InChI=1S/C16H13ClFN5/c17-10-2-1-3-12(8-10)22-15(19)14-16(20)23(9-21-14)13-6-4-11(18)5-7-13/h1-9H,20H2,(H2,19,22). The average molecular weight is 330 g/mol. The van der Waals surface area contributed by atoms with E-state index >= 15 is 0 Å². The van der Waals surface area contributed by atoms with Crippen LogP contribution in [-0.4, -0.2) is 15.4 Å². The number of imidazole rings is 1. The van der Waals surface area contributed by atoms with Gasteiger partial charge in [0.15, 0.2) is 5.84 Å². The highest BCUT2D eigenvalue weighted by atomic mass is 35.5. The molecule has 0 fully saturated rings. The normalized spacial score (nSPS) is 11.7. The highest BCUT2D eigenvalue weighted by molar-refractivity contribution is 6.30. The number of benzene rings is 2. The molecule has 0 saturated heterocycles. The lowest BCUT2D eigenvalue weighted by Gasteiger charge is -2.05. The zero-order valence-corrected chi connectivity index (χ0v) is 12.7. The van der Waals surface area contributed by atoms with Crippen molar-refractivity contribution < 1.29 is 4.39 Å². The van der Waals surface area contributed by atoms with Gasteiger partial charge in [0.05, 0.1) is 5.69 Å². The summed E-state index contributed by atoms with van der Waals surface area (Å²) in [5.74, 6) is 0.167. The fourth-order valence-corrected chi connectivity index (χ4v) is 2.28. The highest BCUT2D eigenvalue weighted by Crippen LogP contribution is 2.21. The molecular formula is C16H13ClFN5. The molecular weight excluding hydrogens is 317 g/mol. The second-order valence-corrected chi connectivity index (χ2v) is 5.24. The molecule has 0 amide bonds. The number of hydrogen-bond acceptors (Lipinski definition) is 3. The van der Waals surface area contributed by atoms with E-state index in [0.29, 0.717) is 27.9 Å². The van der Waals surface area contributed by atoms with E-state index in [1.807, 2.05) is 0 Å². The first-order valence-electron chi connectivity index (χ1n) is 6.73. The molecule has 0 radical (unpaired) electrons. The smallest absolute Gasteiger partial charge is 0.153 e. The van der Waals surface area contributed by atoms with E-state index in [9.17, 15) is 4.39 Å². The van der Waals surface area contributed by atoms with Crippen LogP contribution in [0.5, 0.6) is 0 Å². The van der Waals surface area contributed by atoms with Crippen LogP contribution in [0, 0.1) is 5.82 Å². The molecule has 0 atom stereocenters. The monoisotopic (exact) mass is 329 g/mol. The molecule has 0 saturated carbocycles. The summed E-state index contributed by atoms with van der Waals surface area (Å²) in [5.41, 5.74) is 13.7. The topological polar surface area (TPSA) is 82.2 Å². The molecule has 0 aliphatic carbocycles. The van der Waals surface area contributed by atoms with Gasteiger partial charge in [0.1, 0.15) is 23.7 Å². The summed E-state index contributed by atoms with van der Waals surface area (Å²) < 4.78 is 14.6. The van der Waals surface area contributed by atoms with Crippen molar-refractivity contribution in [2.24, 2.45) is 10.7 Å². The number of nitrogens with two attached hydrogens (primary N) is 2. The Morgan fingerprint density at radius 3 is 2.61 bits per heavy atom. The fraction of sp³-hybridized carbons (Fsp3) is 0. The summed E-state index contributed by atoms with van der Waals surface area (Å²) in [7, 11) is 0. The van der Waals surface area contributed by atoms with Crippen LogP contribution in [0.1, 0.15) is 5.69 Å². The number of halogens is 2. The molecule has 0 aliphatic rings. The molecule has 0 bridgehead atoms. The van der Waals surface area contributed by atoms with Crippen LogP contribution < -0.4 is 11.5 Å². The summed E-state index contributed by atoms with van der Waals surface area (Å²) >= 11 is 5.92. The third kappa shape index (κ3) is 3.17. The third-order valence-electron chi connectivity index (χ3n) is 3.21. The Kier molecular flexibility index (Phi) is 3.99. The van der Waals surface area contributed by atoms with Crippen molar-refractivity contribution >= 4 is 28.9 Å². The number of anilines is 1. The predicted molar refractivity (Wildman–Crippen MR) is 89.8 cm³/mol. The summed E-state index contributed by atoms with van der Waals surface area (Å²) in [5, 5.41) is 0.559. The summed E-state index contributed by atoms with van der Waals surface area (Å²) in [6.45, 7) is 0. The van der Waals surface area contributed by atoms with Crippen LogP contribution in [0.3, 0.4) is 0 Å². The Morgan fingerprint density at radius 1 is 1.17 bits per heavy atom. The summed E-state index contributed by atoms with van der Waals surface area (Å²) in [6, 6.07) is 12.9. The largest absolute Gasteiger partial charge is 0.383 e. The van der Waals surface area contributed by atoms with E-state index in [0.717, 1.165) is 0 Å². The minimum Gasteiger partial charge on any atom is -0.383 e. The first-order valence-corrected chi connectivity index (χ1v) is 7.11. The third-order valence-corrected chi connectivity index (χ3v) is 3.44. The maximum atomic E-state index is 13.0. The molecule has 0 unspecified atom stereocenters. The van der Waals surface area contributed by atoms with E-state index in [4.69, 9.17) is 23.1 Å². The van der Waals surface area contributed by atoms with Gasteiger partial charge in [-0.3, -0.25) is 4.57 Å². The Labute approximate surface area is 137 Å². The van der Waals surface area contributed by atoms with Crippen LogP contribution >= 0.6 is 11.6 Å². The predicted octanol–water partition coefficient (Wildman–Crippen LogP) is 3.28. The lowest BCUT2D eigenvalue weighted by molar-refractivity contribution is 0.627. The van der Waals surface area contributed by atoms with Crippen molar-refractivity contribution in [3.63, 3.8) is 0 Å². The number of aromatic nitrogens is 2. The van der Waals surface area contributed by atoms with Crippen molar-refractivity contribution in [1.82, 2.24) is 9.55 Å². The van der Waals surface area contributed by atoms with Crippen LogP contribution in [-0.2, 0) is 0 Å². The quantitative estimate of drug-likeness (QED) is 0.571. The highest BCUT2D eigenvalue weighted by Gasteiger charge is 2.12. The molecule has 4 N–H and O–H groups in total. The minimum absolute atomic E-state index is 0.172. The van der Waals surface area contributed by atoms with Gasteiger partial charge in [-0.1, -0.05) is 17.7 Å². The van der Waals surface area contributed by atoms with Gasteiger partial charge >= 0.3 is 0 Å². The Hall–Kier alpha value is -2.86. The molecule has 0 spiro atoms. The second-order valence-electron chi connectivity index (χ2n) is 4.80. The molecule has 3 aromatic rings. The van der Waals surface area contributed by atoms with Crippen molar-refractivity contribution in [2.45, 2.75) is 0 Å². The molecule has 1 aromatic heterocycles. The van der Waals surface area contributed by atoms with Gasteiger partial charge in [-0.25, -0.2) is 14.4 Å². The molecule has 3 rings (SSSR count). The molecule has 1 heterocycles. The zero-order valence-electron chi connectivity index (χ0n) is 11.9. The van der Waals surface area contributed by atoms with Crippen molar-refractivity contribution in [3.05, 3.63) is 71.4 Å². The first kappa shape index (κ1) is 15.1. The van der Waals surface area contributed by atoms with E-state index < -0.39 is 0 Å². The number of hydrogen-bond donors (Lipinski definition) is 2. The van der Waals surface area contributed by atoms with Gasteiger partial charge in [-0.15, -0.1) is 0 Å². The lowest BCUT2D eigenvalue weighted by Crippen LogP contribution is -2.16. The Balaban J connectivity index is 1.96.